The van der Waals surface area contributed by atoms with Crippen LogP contribution in [0.3, 0.4) is 0 Å². The van der Waals surface area contributed by atoms with E-state index in [1.54, 1.807) is 0 Å². The highest BCUT2D eigenvalue weighted by molar-refractivity contribution is 9.10. The number of benzene rings is 1. The maximum atomic E-state index is 11.0. The van der Waals surface area contributed by atoms with E-state index in [0.29, 0.717) is 5.92 Å². The molecule has 1 aliphatic rings. The maximum Gasteiger partial charge on any atom is 0.224 e. The summed E-state index contributed by atoms with van der Waals surface area (Å²) in [6.07, 6.45) is 4.02. The van der Waals surface area contributed by atoms with Crippen molar-refractivity contribution in [3.05, 3.63) is 34.3 Å². The lowest BCUT2D eigenvalue weighted by atomic mass is 9.79. The molecule has 0 unspecified atom stereocenters. The van der Waals surface area contributed by atoms with Crippen molar-refractivity contribution in [2.24, 2.45) is 5.92 Å². The molecule has 2 rings (SSSR count). The summed E-state index contributed by atoms with van der Waals surface area (Å²) in [5.41, 5.74) is 1.38. The molecule has 0 radical (unpaired) electrons. The van der Waals surface area contributed by atoms with Gasteiger partial charge < -0.3 is 0 Å². The van der Waals surface area contributed by atoms with Gasteiger partial charge in [-0.15, -0.1) is 0 Å². The van der Waals surface area contributed by atoms with E-state index in [0.717, 1.165) is 30.2 Å². The summed E-state index contributed by atoms with van der Waals surface area (Å²) in [6, 6.07) is 8.48. The van der Waals surface area contributed by atoms with Gasteiger partial charge in [0.25, 0.3) is 0 Å². The van der Waals surface area contributed by atoms with Crippen LogP contribution in [0.25, 0.3) is 0 Å². The second-order valence-corrected chi connectivity index (χ2v) is 5.69. The lowest BCUT2D eigenvalue weighted by Crippen LogP contribution is -2.17. The van der Waals surface area contributed by atoms with Crippen molar-refractivity contribution in [3.63, 3.8) is 0 Å². The lowest BCUT2D eigenvalue weighted by Gasteiger charge is -2.26. The highest BCUT2D eigenvalue weighted by atomic mass is 79.9. The van der Waals surface area contributed by atoms with Gasteiger partial charge in [0.1, 0.15) is 0 Å². The molecular formula is C13H14BrClO. The van der Waals surface area contributed by atoms with Crippen LogP contribution in [0.1, 0.15) is 37.2 Å². The highest BCUT2D eigenvalue weighted by Crippen LogP contribution is 2.36. The van der Waals surface area contributed by atoms with Crippen molar-refractivity contribution in [2.75, 3.05) is 0 Å². The first-order chi connectivity index (χ1) is 7.66. The van der Waals surface area contributed by atoms with E-state index in [1.807, 2.05) is 0 Å². The summed E-state index contributed by atoms with van der Waals surface area (Å²) in [4.78, 5) is 11.0. The molecule has 0 heterocycles. The second-order valence-electron chi connectivity index (χ2n) is 4.40. The van der Waals surface area contributed by atoms with Crippen molar-refractivity contribution >= 4 is 32.8 Å². The zero-order valence-electron chi connectivity index (χ0n) is 8.96. The van der Waals surface area contributed by atoms with Crippen LogP contribution in [-0.2, 0) is 4.79 Å². The molecule has 0 atom stereocenters. The Morgan fingerprint density at radius 3 is 2.19 bits per heavy atom. The predicted molar refractivity (Wildman–Crippen MR) is 69.7 cm³/mol. The molecule has 16 heavy (non-hydrogen) atoms. The van der Waals surface area contributed by atoms with Crippen molar-refractivity contribution < 1.29 is 4.79 Å². The van der Waals surface area contributed by atoms with Gasteiger partial charge in [0.15, 0.2) is 0 Å². The summed E-state index contributed by atoms with van der Waals surface area (Å²) in [5, 5.41) is -0.158. The van der Waals surface area contributed by atoms with Gasteiger partial charge in [-0.05, 0) is 60.9 Å². The number of hydrogen-bond donors (Lipinski definition) is 0. The second kappa shape index (κ2) is 5.33. The van der Waals surface area contributed by atoms with E-state index >= 15 is 0 Å². The van der Waals surface area contributed by atoms with E-state index < -0.39 is 0 Å². The Balaban J connectivity index is 1.99. The third kappa shape index (κ3) is 2.86. The standard InChI is InChI=1S/C13H14BrClO/c14-12-7-5-10(6-8-12)9-1-3-11(4-2-9)13(15)16/h5-9,11H,1-4H2/t9-,11-. The fourth-order valence-electron chi connectivity index (χ4n) is 2.39. The van der Waals surface area contributed by atoms with Crippen molar-refractivity contribution in [1.29, 1.82) is 0 Å². The van der Waals surface area contributed by atoms with Crippen LogP contribution >= 0.6 is 27.5 Å². The topological polar surface area (TPSA) is 17.1 Å². The first kappa shape index (κ1) is 12.1. The Morgan fingerprint density at radius 1 is 1.12 bits per heavy atom. The summed E-state index contributed by atoms with van der Waals surface area (Å²) in [6.45, 7) is 0. The minimum atomic E-state index is -0.158. The van der Waals surface area contributed by atoms with Gasteiger partial charge in [-0.3, -0.25) is 4.79 Å². The average molecular weight is 302 g/mol. The predicted octanol–water partition coefficient (Wildman–Crippen LogP) is 4.49. The zero-order valence-corrected chi connectivity index (χ0v) is 11.3. The SMILES string of the molecule is O=C(Cl)[C@H]1CC[C@H](c2ccc(Br)cc2)CC1. The third-order valence-electron chi connectivity index (χ3n) is 3.39. The third-order valence-corrected chi connectivity index (χ3v) is 4.23. The summed E-state index contributed by atoms with van der Waals surface area (Å²) < 4.78 is 1.11. The van der Waals surface area contributed by atoms with Gasteiger partial charge >= 0.3 is 0 Å². The number of rotatable bonds is 2. The normalized spacial score (nSPS) is 25.4. The highest BCUT2D eigenvalue weighted by Gasteiger charge is 2.25. The fraction of sp³-hybridized carbons (Fsp3) is 0.462. The Labute approximate surface area is 109 Å². The molecule has 0 saturated heterocycles. The van der Waals surface area contributed by atoms with Gasteiger partial charge in [-0.1, -0.05) is 28.1 Å². The molecule has 1 fully saturated rings. The van der Waals surface area contributed by atoms with Crippen LogP contribution in [-0.4, -0.2) is 5.24 Å². The van der Waals surface area contributed by atoms with E-state index in [2.05, 4.69) is 40.2 Å². The van der Waals surface area contributed by atoms with Crippen molar-refractivity contribution in [1.82, 2.24) is 0 Å². The van der Waals surface area contributed by atoms with Crippen molar-refractivity contribution in [3.8, 4) is 0 Å². The van der Waals surface area contributed by atoms with E-state index in [-0.39, 0.29) is 11.2 Å². The van der Waals surface area contributed by atoms with Crippen LogP contribution in [0.2, 0.25) is 0 Å². The molecule has 0 spiro atoms. The molecule has 0 amide bonds. The van der Waals surface area contributed by atoms with Gasteiger partial charge in [-0.2, -0.15) is 0 Å². The van der Waals surface area contributed by atoms with E-state index in [9.17, 15) is 4.79 Å². The van der Waals surface area contributed by atoms with Crippen LogP contribution in [0, 0.1) is 5.92 Å². The molecule has 1 aromatic carbocycles. The molecule has 1 saturated carbocycles. The minimum absolute atomic E-state index is 0.0911. The lowest BCUT2D eigenvalue weighted by molar-refractivity contribution is -0.116. The molecule has 0 N–H and O–H groups in total. The number of halogens is 2. The van der Waals surface area contributed by atoms with Crippen LogP contribution in [0.5, 0.6) is 0 Å². The van der Waals surface area contributed by atoms with Gasteiger partial charge in [0, 0.05) is 10.4 Å². The molecule has 1 aromatic rings. The van der Waals surface area contributed by atoms with Gasteiger partial charge in [-0.25, -0.2) is 0 Å². The summed E-state index contributed by atoms with van der Waals surface area (Å²) in [7, 11) is 0. The molecule has 1 aliphatic carbocycles. The molecule has 0 bridgehead atoms. The molecule has 86 valence electrons. The van der Waals surface area contributed by atoms with Crippen LogP contribution in [0.4, 0.5) is 0 Å². The largest absolute Gasteiger partial charge is 0.281 e. The van der Waals surface area contributed by atoms with Crippen LogP contribution in [0.15, 0.2) is 28.7 Å². The smallest absolute Gasteiger partial charge is 0.224 e. The van der Waals surface area contributed by atoms with Gasteiger partial charge in [0.05, 0.1) is 0 Å². The first-order valence-corrected chi connectivity index (χ1v) is 6.78. The molecule has 0 aliphatic heterocycles. The van der Waals surface area contributed by atoms with E-state index in [4.69, 9.17) is 11.6 Å². The Morgan fingerprint density at radius 2 is 1.69 bits per heavy atom. The molecular weight excluding hydrogens is 287 g/mol. The average Bonchev–Trinajstić information content (AvgIpc) is 2.30. The quantitative estimate of drug-likeness (QED) is 0.736. The summed E-state index contributed by atoms with van der Waals surface area (Å²) in [5.74, 6) is 0.689. The minimum Gasteiger partial charge on any atom is -0.281 e. The Hall–Kier alpha value is -0.340. The van der Waals surface area contributed by atoms with E-state index in [1.165, 1.54) is 5.56 Å². The molecule has 1 nitrogen and oxygen atoms in total. The van der Waals surface area contributed by atoms with Gasteiger partial charge in [0.2, 0.25) is 5.24 Å². The fourth-order valence-corrected chi connectivity index (χ4v) is 2.87. The molecule has 3 heteroatoms. The maximum absolute atomic E-state index is 11.0. The Bertz CT molecular complexity index is 366. The van der Waals surface area contributed by atoms with Crippen LogP contribution < -0.4 is 0 Å². The number of hydrogen-bond acceptors (Lipinski definition) is 1. The number of carbonyl (C=O) groups is 1. The monoisotopic (exact) mass is 300 g/mol. The zero-order chi connectivity index (χ0) is 11.5. The molecule has 0 aromatic heterocycles. The number of carbonyl (C=O) groups excluding carboxylic acids is 1. The first-order valence-electron chi connectivity index (χ1n) is 5.61. The van der Waals surface area contributed by atoms with Crippen molar-refractivity contribution in [2.45, 2.75) is 31.6 Å². The summed E-state index contributed by atoms with van der Waals surface area (Å²) >= 11 is 8.96. The Kier molecular flexibility index (Phi) is 4.04.